The van der Waals surface area contributed by atoms with E-state index >= 15 is 0 Å². The fraction of sp³-hybridized carbons (Fsp3) is 0.200. The summed E-state index contributed by atoms with van der Waals surface area (Å²) >= 11 is 5.78. The lowest BCUT2D eigenvalue weighted by atomic mass is 10.3. The zero-order chi connectivity index (χ0) is 9.68. The topological polar surface area (TPSA) is 25.8 Å². The number of hydrogen-bond acceptors (Lipinski definition) is 2. The van der Waals surface area contributed by atoms with Crippen molar-refractivity contribution in [3.8, 4) is 0 Å². The van der Waals surface area contributed by atoms with Gasteiger partial charge >= 0.3 is 0 Å². The molecule has 0 bridgehead atoms. The third-order valence-electron chi connectivity index (χ3n) is 1.48. The fourth-order valence-corrected chi connectivity index (χ4v) is 1.18. The number of aromatic nitrogens is 2. The van der Waals surface area contributed by atoms with Crippen molar-refractivity contribution < 1.29 is 0 Å². The highest BCUT2D eigenvalue weighted by Crippen LogP contribution is 2.16. The van der Waals surface area contributed by atoms with E-state index < -0.39 is 0 Å². The highest BCUT2D eigenvalue weighted by atomic mass is 35.5. The third kappa shape index (κ3) is 2.16. The zero-order valence-corrected chi connectivity index (χ0v) is 8.42. The van der Waals surface area contributed by atoms with Crippen LogP contribution in [0.4, 0.5) is 0 Å². The number of pyridine rings is 2. The van der Waals surface area contributed by atoms with E-state index in [-0.39, 0.29) is 0 Å². The maximum absolute atomic E-state index is 5.78. The molecule has 0 spiro atoms. The van der Waals surface area contributed by atoms with Gasteiger partial charge in [-0.15, -0.1) is 0 Å². The first-order valence-corrected chi connectivity index (χ1v) is 4.61. The molecule has 0 aliphatic carbocycles. The molecule has 0 N–H and O–H groups in total. The first-order valence-electron chi connectivity index (χ1n) is 4.23. The second-order valence-corrected chi connectivity index (χ2v) is 2.53. The van der Waals surface area contributed by atoms with Gasteiger partial charge in [-0.05, 0) is 12.1 Å². The second kappa shape index (κ2) is 4.77. The van der Waals surface area contributed by atoms with Crippen LogP contribution in [0.1, 0.15) is 13.8 Å². The van der Waals surface area contributed by atoms with Crippen molar-refractivity contribution in [1.29, 1.82) is 0 Å². The second-order valence-electron chi connectivity index (χ2n) is 2.18. The van der Waals surface area contributed by atoms with Gasteiger partial charge in [-0.1, -0.05) is 31.5 Å². The van der Waals surface area contributed by atoms with E-state index in [1.807, 2.05) is 32.0 Å². The van der Waals surface area contributed by atoms with Gasteiger partial charge in [0.05, 0.1) is 0 Å². The van der Waals surface area contributed by atoms with Crippen LogP contribution in [-0.2, 0) is 0 Å². The zero-order valence-electron chi connectivity index (χ0n) is 7.66. The maximum atomic E-state index is 5.78. The van der Waals surface area contributed by atoms with Crippen LogP contribution in [0, 0.1) is 0 Å². The Morgan fingerprint density at radius 1 is 1.08 bits per heavy atom. The standard InChI is InChI=1S/C8H5ClN2.C2H6/c9-8-7-6(3-5-11-8)2-1-4-10-7;1-2/h1-5H;1-2H3. The molecule has 13 heavy (non-hydrogen) atoms. The average Bonchev–Trinajstić information content (AvgIpc) is 2.22. The van der Waals surface area contributed by atoms with Crippen LogP contribution in [0.3, 0.4) is 0 Å². The summed E-state index contributed by atoms with van der Waals surface area (Å²) in [5, 5.41) is 1.48. The van der Waals surface area contributed by atoms with Crippen LogP contribution >= 0.6 is 11.6 Å². The smallest absolute Gasteiger partial charge is 0.155 e. The van der Waals surface area contributed by atoms with Crippen molar-refractivity contribution in [1.82, 2.24) is 9.97 Å². The van der Waals surface area contributed by atoms with Crippen molar-refractivity contribution in [3.05, 3.63) is 35.7 Å². The molecule has 0 fully saturated rings. The lowest BCUT2D eigenvalue weighted by molar-refractivity contribution is 1.31. The lowest BCUT2D eigenvalue weighted by Gasteiger charge is -1.95. The van der Waals surface area contributed by atoms with Crippen LogP contribution in [-0.4, -0.2) is 9.97 Å². The van der Waals surface area contributed by atoms with Crippen molar-refractivity contribution >= 4 is 22.5 Å². The molecule has 2 nitrogen and oxygen atoms in total. The van der Waals surface area contributed by atoms with Gasteiger partial charge in [-0.2, -0.15) is 0 Å². The SMILES string of the molecule is CC.Clc1nccc2cccnc12. The quantitative estimate of drug-likeness (QED) is 0.602. The predicted molar refractivity (Wildman–Crippen MR) is 55.9 cm³/mol. The molecule has 68 valence electrons. The van der Waals surface area contributed by atoms with Crippen LogP contribution in [0.5, 0.6) is 0 Å². The van der Waals surface area contributed by atoms with E-state index in [1.54, 1.807) is 12.4 Å². The van der Waals surface area contributed by atoms with Gasteiger partial charge in [0.25, 0.3) is 0 Å². The van der Waals surface area contributed by atoms with E-state index in [0.717, 1.165) is 10.9 Å². The maximum Gasteiger partial charge on any atom is 0.155 e. The summed E-state index contributed by atoms with van der Waals surface area (Å²) in [6.45, 7) is 4.00. The van der Waals surface area contributed by atoms with Gasteiger partial charge in [0.1, 0.15) is 5.52 Å². The number of nitrogens with zero attached hydrogens (tertiary/aromatic N) is 2. The molecule has 0 aliphatic rings. The number of hydrogen-bond donors (Lipinski definition) is 0. The Hall–Kier alpha value is -1.15. The van der Waals surface area contributed by atoms with Crippen molar-refractivity contribution in [2.45, 2.75) is 13.8 Å². The van der Waals surface area contributed by atoms with Crippen LogP contribution in [0.25, 0.3) is 10.9 Å². The number of halogens is 1. The van der Waals surface area contributed by atoms with E-state index in [2.05, 4.69) is 9.97 Å². The fourth-order valence-electron chi connectivity index (χ4n) is 0.969. The van der Waals surface area contributed by atoms with Crippen molar-refractivity contribution in [2.24, 2.45) is 0 Å². The molecule has 0 amide bonds. The molecule has 2 heterocycles. The highest BCUT2D eigenvalue weighted by Gasteiger charge is 1.97. The number of fused-ring (bicyclic) bond motifs is 1. The van der Waals surface area contributed by atoms with Crippen LogP contribution < -0.4 is 0 Å². The third-order valence-corrected chi connectivity index (χ3v) is 1.75. The Morgan fingerprint density at radius 2 is 1.85 bits per heavy atom. The molecule has 0 aromatic carbocycles. The molecule has 3 heteroatoms. The minimum atomic E-state index is 0.461. The summed E-state index contributed by atoms with van der Waals surface area (Å²) in [5.74, 6) is 0. The molecule has 2 aromatic rings. The van der Waals surface area contributed by atoms with E-state index in [1.165, 1.54) is 0 Å². The predicted octanol–water partition coefficient (Wildman–Crippen LogP) is 3.31. The first-order chi connectivity index (χ1) is 6.38. The highest BCUT2D eigenvalue weighted by molar-refractivity contribution is 6.33. The van der Waals surface area contributed by atoms with Gasteiger partial charge in [0, 0.05) is 17.8 Å². The first kappa shape index (κ1) is 9.93. The summed E-state index contributed by atoms with van der Waals surface area (Å²) in [6, 6.07) is 5.71. The van der Waals surface area contributed by atoms with Gasteiger partial charge < -0.3 is 0 Å². The Kier molecular flexibility index (Phi) is 3.65. The molecule has 2 rings (SSSR count). The lowest BCUT2D eigenvalue weighted by Crippen LogP contribution is -1.80. The molecule has 0 saturated carbocycles. The van der Waals surface area contributed by atoms with E-state index in [9.17, 15) is 0 Å². The van der Waals surface area contributed by atoms with E-state index in [0.29, 0.717) is 5.15 Å². The van der Waals surface area contributed by atoms with E-state index in [4.69, 9.17) is 11.6 Å². The molecule has 0 saturated heterocycles. The average molecular weight is 195 g/mol. The van der Waals surface area contributed by atoms with Crippen LogP contribution in [0.15, 0.2) is 30.6 Å². The molecule has 0 atom stereocenters. The Bertz CT molecular complexity index is 382. The minimum absolute atomic E-state index is 0.461. The van der Waals surface area contributed by atoms with Gasteiger partial charge in [0.15, 0.2) is 5.15 Å². The minimum Gasteiger partial charge on any atom is -0.253 e. The molecular weight excluding hydrogens is 184 g/mol. The van der Waals surface area contributed by atoms with Gasteiger partial charge in [-0.3, -0.25) is 4.98 Å². The largest absolute Gasteiger partial charge is 0.253 e. The Balaban J connectivity index is 0.000000396. The molecule has 0 unspecified atom stereocenters. The molecule has 0 radical (unpaired) electrons. The summed E-state index contributed by atoms with van der Waals surface area (Å²) in [4.78, 5) is 8.00. The Labute approximate surface area is 82.6 Å². The number of rotatable bonds is 0. The van der Waals surface area contributed by atoms with Gasteiger partial charge in [0.2, 0.25) is 0 Å². The molecule has 2 aromatic heterocycles. The summed E-state index contributed by atoms with van der Waals surface area (Å²) in [5.41, 5.74) is 0.761. The molecular formula is C10H11ClN2. The van der Waals surface area contributed by atoms with Crippen molar-refractivity contribution in [2.75, 3.05) is 0 Å². The van der Waals surface area contributed by atoms with Gasteiger partial charge in [-0.25, -0.2) is 4.98 Å². The summed E-state index contributed by atoms with van der Waals surface area (Å²) in [7, 11) is 0. The Morgan fingerprint density at radius 3 is 2.54 bits per heavy atom. The summed E-state index contributed by atoms with van der Waals surface area (Å²) in [6.07, 6.45) is 3.38. The van der Waals surface area contributed by atoms with Crippen molar-refractivity contribution in [3.63, 3.8) is 0 Å². The normalized spacial score (nSPS) is 9.15. The summed E-state index contributed by atoms with van der Waals surface area (Å²) < 4.78 is 0. The van der Waals surface area contributed by atoms with Crippen LogP contribution in [0.2, 0.25) is 5.15 Å². The monoisotopic (exact) mass is 194 g/mol. The molecule has 0 aliphatic heterocycles.